The summed E-state index contributed by atoms with van der Waals surface area (Å²) in [5, 5.41) is 21.0. The van der Waals surface area contributed by atoms with Gasteiger partial charge in [0.1, 0.15) is 17.3 Å². The summed E-state index contributed by atoms with van der Waals surface area (Å²) in [5.74, 6) is -0.791. The Morgan fingerprint density at radius 1 is 1.09 bits per heavy atom. The molecule has 34 heavy (non-hydrogen) atoms. The van der Waals surface area contributed by atoms with E-state index in [1.165, 1.54) is 17.0 Å². The predicted molar refractivity (Wildman–Crippen MR) is 132 cm³/mol. The van der Waals surface area contributed by atoms with Crippen molar-refractivity contribution in [3.8, 4) is 11.5 Å². The van der Waals surface area contributed by atoms with Crippen molar-refractivity contribution in [3.05, 3.63) is 64.7 Å². The number of aliphatic hydroxyl groups excluding tert-OH is 1. The number of aliphatic hydroxyl groups is 1. The number of Topliss-reactive ketones (excluding diaryl/α,β-unsaturated/α-hetero) is 1. The number of ether oxygens (including phenoxy) is 1. The molecule has 2 aromatic rings. The fourth-order valence-electron chi connectivity index (χ4n) is 4.24. The molecule has 0 spiro atoms. The molecule has 1 heterocycles. The number of hydrogen-bond donors (Lipinski definition) is 2. The topological polar surface area (TPSA) is 90.3 Å². The summed E-state index contributed by atoms with van der Waals surface area (Å²) >= 11 is 0. The van der Waals surface area contributed by atoms with Crippen molar-refractivity contribution in [3.63, 3.8) is 0 Å². The smallest absolute Gasteiger partial charge is 0.295 e. The number of phenolic OH excluding ortho intramolecular Hbond substituents is 1. The average Bonchev–Trinajstić information content (AvgIpc) is 3.05. The molecule has 0 saturated carbocycles. The van der Waals surface area contributed by atoms with Gasteiger partial charge in [-0.05, 0) is 75.3 Å². The van der Waals surface area contributed by atoms with E-state index in [0.29, 0.717) is 30.0 Å². The largest absolute Gasteiger partial charge is 0.508 e. The Kier molecular flexibility index (Phi) is 7.99. The maximum Gasteiger partial charge on any atom is 0.295 e. The number of nitrogens with zero attached hydrogens (tertiary/aromatic N) is 2. The molecular formula is C27H34N2O5. The van der Waals surface area contributed by atoms with Gasteiger partial charge in [-0.1, -0.05) is 26.0 Å². The van der Waals surface area contributed by atoms with Gasteiger partial charge in [0, 0.05) is 18.7 Å². The monoisotopic (exact) mass is 466 g/mol. The van der Waals surface area contributed by atoms with Crippen LogP contribution >= 0.6 is 0 Å². The lowest BCUT2D eigenvalue weighted by Gasteiger charge is -2.28. The van der Waals surface area contributed by atoms with Crippen LogP contribution < -0.4 is 4.74 Å². The highest BCUT2D eigenvalue weighted by Crippen LogP contribution is 2.40. The van der Waals surface area contributed by atoms with Crippen molar-refractivity contribution in [2.24, 2.45) is 0 Å². The van der Waals surface area contributed by atoms with Gasteiger partial charge in [0.2, 0.25) is 0 Å². The predicted octanol–water partition coefficient (Wildman–Crippen LogP) is 4.25. The summed E-state index contributed by atoms with van der Waals surface area (Å²) in [6, 6.07) is 10.8. The number of carbonyl (C=O) groups is 2. The number of rotatable bonds is 9. The number of phenols is 1. The quantitative estimate of drug-likeness (QED) is 0.326. The zero-order valence-corrected chi connectivity index (χ0v) is 20.5. The second-order valence-corrected chi connectivity index (χ2v) is 8.76. The highest BCUT2D eigenvalue weighted by atomic mass is 16.5. The van der Waals surface area contributed by atoms with Crippen LogP contribution in [0.3, 0.4) is 0 Å². The minimum Gasteiger partial charge on any atom is -0.508 e. The van der Waals surface area contributed by atoms with Gasteiger partial charge in [-0.25, -0.2) is 0 Å². The lowest BCUT2D eigenvalue weighted by molar-refractivity contribution is -0.140. The van der Waals surface area contributed by atoms with Crippen molar-refractivity contribution in [1.29, 1.82) is 0 Å². The molecule has 1 aliphatic rings. The van der Waals surface area contributed by atoms with Crippen molar-refractivity contribution < 1.29 is 24.5 Å². The second-order valence-electron chi connectivity index (χ2n) is 8.76. The van der Waals surface area contributed by atoms with E-state index in [0.717, 1.165) is 18.7 Å². The summed E-state index contributed by atoms with van der Waals surface area (Å²) in [6.45, 7) is 12.4. The van der Waals surface area contributed by atoms with E-state index in [2.05, 4.69) is 4.90 Å². The van der Waals surface area contributed by atoms with Crippen molar-refractivity contribution in [1.82, 2.24) is 9.80 Å². The summed E-state index contributed by atoms with van der Waals surface area (Å²) in [5.41, 5.74) is 1.95. The van der Waals surface area contributed by atoms with Gasteiger partial charge in [-0.15, -0.1) is 0 Å². The van der Waals surface area contributed by atoms with Crippen molar-refractivity contribution in [2.45, 2.75) is 46.8 Å². The zero-order valence-electron chi connectivity index (χ0n) is 20.5. The van der Waals surface area contributed by atoms with E-state index >= 15 is 0 Å². The number of amides is 1. The highest BCUT2D eigenvalue weighted by molar-refractivity contribution is 6.46. The first-order valence-electron chi connectivity index (χ1n) is 11.7. The van der Waals surface area contributed by atoms with Gasteiger partial charge >= 0.3 is 0 Å². The Labute approximate surface area is 201 Å². The number of aryl methyl sites for hydroxylation is 1. The van der Waals surface area contributed by atoms with Crippen LogP contribution in [0.1, 0.15) is 50.4 Å². The number of aromatic hydroxyl groups is 1. The SMILES string of the molecule is CCN(CC)CCN1C(=O)C(=O)/C(=C(\O)c2ccc(OC(C)C)c(C)c2)C1c1ccc(O)cc1. The number of likely N-dealkylation sites (tertiary alicyclic amines) is 1. The Morgan fingerprint density at radius 3 is 2.29 bits per heavy atom. The molecule has 1 unspecified atom stereocenters. The van der Waals surface area contributed by atoms with Gasteiger partial charge < -0.3 is 24.7 Å². The second kappa shape index (κ2) is 10.7. The molecule has 1 saturated heterocycles. The molecule has 1 fully saturated rings. The van der Waals surface area contributed by atoms with Crippen LogP contribution in [-0.4, -0.2) is 64.0 Å². The molecule has 1 amide bonds. The lowest BCUT2D eigenvalue weighted by Crippen LogP contribution is -2.38. The Bertz CT molecular complexity index is 1070. The fraction of sp³-hybridized carbons (Fsp3) is 0.407. The van der Waals surface area contributed by atoms with E-state index in [4.69, 9.17) is 4.74 Å². The number of likely N-dealkylation sites (N-methyl/N-ethyl adjacent to an activating group) is 1. The van der Waals surface area contributed by atoms with E-state index in [1.807, 2.05) is 34.6 Å². The van der Waals surface area contributed by atoms with Crippen LogP contribution in [0.15, 0.2) is 48.0 Å². The molecule has 3 rings (SSSR count). The number of hydrogen-bond acceptors (Lipinski definition) is 6. The molecule has 7 nitrogen and oxygen atoms in total. The van der Waals surface area contributed by atoms with Gasteiger partial charge in [0.05, 0.1) is 17.7 Å². The molecule has 182 valence electrons. The standard InChI is InChI=1S/C27H34N2O5/c1-6-28(7-2)14-15-29-24(19-8-11-21(30)12-9-19)23(26(32)27(29)33)25(31)20-10-13-22(18(5)16-20)34-17(3)4/h8-13,16-17,24,30-31H,6-7,14-15H2,1-5H3/b25-23-. The number of benzene rings is 2. The summed E-state index contributed by atoms with van der Waals surface area (Å²) in [4.78, 5) is 29.9. The third-order valence-corrected chi connectivity index (χ3v) is 6.11. The first-order chi connectivity index (χ1) is 16.2. The molecule has 0 bridgehead atoms. The van der Waals surface area contributed by atoms with Crippen LogP contribution in [0, 0.1) is 6.92 Å². The zero-order chi connectivity index (χ0) is 25.0. The van der Waals surface area contributed by atoms with Gasteiger partial charge in [-0.2, -0.15) is 0 Å². The Balaban J connectivity index is 2.08. The maximum absolute atomic E-state index is 13.2. The molecular weight excluding hydrogens is 432 g/mol. The first-order valence-corrected chi connectivity index (χ1v) is 11.7. The van der Waals surface area contributed by atoms with Crippen molar-refractivity contribution in [2.75, 3.05) is 26.2 Å². The highest BCUT2D eigenvalue weighted by Gasteiger charge is 2.46. The van der Waals surface area contributed by atoms with Crippen LogP contribution in [0.25, 0.3) is 5.76 Å². The van der Waals surface area contributed by atoms with E-state index in [9.17, 15) is 19.8 Å². The molecule has 1 aliphatic heterocycles. The first kappa shape index (κ1) is 25.3. The van der Waals surface area contributed by atoms with Crippen LogP contribution in [0.5, 0.6) is 11.5 Å². The molecule has 7 heteroatoms. The van der Waals surface area contributed by atoms with Gasteiger partial charge in [0.25, 0.3) is 11.7 Å². The third kappa shape index (κ3) is 5.25. The van der Waals surface area contributed by atoms with Gasteiger partial charge in [0.15, 0.2) is 0 Å². The molecule has 2 N–H and O–H groups in total. The minimum atomic E-state index is -0.747. The average molecular weight is 467 g/mol. The number of ketones is 1. The number of carbonyl (C=O) groups excluding carboxylic acids is 2. The van der Waals surface area contributed by atoms with Crippen molar-refractivity contribution >= 4 is 17.4 Å². The lowest BCUT2D eigenvalue weighted by atomic mass is 9.94. The summed E-state index contributed by atoms with van der Waals surface area (Å²) in [6.07, 6.45) is 0.00350. The molecule has 1 atom stereocenters. The van der Waals surface area contributed by atoms with Crippen LogP contribution in [0.4, 0.5) is 0 Å². The van der Waals surface area contributed by atoms with E-state index < -0.39 is 17.7 Å². The molecule has 0 aromatic heterocycles. The Morgan fingerprint density at radius 2 is 1.74 bits per heavy atom. The molecule has 0 aliphatic carbocycles. The summed E-state index contributed by atoms with van der Waals surface area (Å²) < 4.78 is 5.78. The maximum atomic E-state index is 13.2. The fourth-order valence-corrected chi connectivity index (χ4v) is 4.24. The normalized spacial score (nSPS) is 17.7. The molecule has 2 aromatic carbocycles. The van der Waals surface area contributed by atoms with Gasteiger partial charge in [-0.3, -0.25) is 9.59 Å². The minimum absolute atomic E-state index is 0.00350. The summed E-state index contributed by atoms with van der Waals surface area (Å²) in [7, 11) is 0. The Hall–Kier alpha value is -3.32. The van der Waals surface area contributed by atoms with Crippen LogP contribution in [0.2, 0.25) is 0 Å². The van der Waals surface area contributed by atoms with E-state index in [1.54, 1.807) is 30.3 Å². The van der Waals surface area contributed by atoms with E-state index in [-0.39, 0.29) is 23.2 Å². The van der Waals surface area contributed by atoms with Crippen LogP contribution in [-0.2, 0) is 9.59 Å². The third-order valence-electron chi connectivity index (χ3n) is 6.11. The molecule has 0 radical (unpaired) electrons.